The fourth-order valence-corrected chi connectivity index (χ4v) is 0.754. The van der Waals surface area contributed by atoms with Gasteiger partial charge < -0.3 is 0 Å². The summed E-state index contributed by atoms with van der Waals surface area (Å²) in [6.07, 6.45) is 0.517. The van der Waals surface area contributed by atoms with Gasteiger partial charge in [-0.3, -0.25) is 5.84 Å². The molecule has 0 aliphatic heterocycles. The van der Waals surface area contributed by atoms with Gasteiger partial charge in [-0.25, -0.2) is 5.01 Å². The second-order valence-corrected chi connectivity index (χ2v) is 2.80. The Kier molecular flexibility index (Phi) is 4.91. The zero-order chi connectivity index (χ0) is 7.98. The molecule has 0 rings (SSSR count). The average molecular weight is 141 g/mol. The van der Waals surface area contributed by atoms with Crippen molar-refractivity contribution in [3.8, 4) is 6.07 Å². The van der Waals surface area contributed by atoms with Crippen LogP contribution >= 0.6 is 0 Å². The van der Waals surface area contributed by atoms with E-state index in [0.29, 0.717) is 18.9 Å². The number of nitriles is 1. The summed E-state index contributed by atoms with van der Waals surface area (Å²) in [5.41, 5.74) is 0. The molecule has 0 atom stereocenters. The van der Waals surface area contributed by atoms with Crippen LogP contribution in [-0.4, -0.2) is 18.1 Å². The van der Waals surface area contributed by atoms with Crippen molar-refractivity contribution in [2.24, 2.45) is 11.8 Å². The summed E-state index contributed by atoms with van der Waals surface area (Å²) in [5, 5.41) is 9.91. The van der Waals surface area contributed by atoms with E-state index in [1.807, 2.05) is 0 Å². The summed E-state index contributed by atoms with van der Waals surface area (Å²) in [6.45, 7) is 5.74. The van der Waals surface area contributed by atoms with Gasteiger partial charge in [-0.2, -0.15) is 5.26 Å². The third-order valence-corrected chi connectivity index (χ3v) is 1.11. The molecule has 0 amide bonds. The van der Waals surface area contributed by atoms with Gasteiger partial charge in [0.15, 0.2) is 0 Å². The van der Waals surface area contributed by atoms with Crippen LogP contribution in [0.2, 0.25) is 0 Å². The van der Waals surface area contributed by atoms with Crippen LogP contribution in [0.15, 0.2) is 0 Å². The maximum absolute atomic E-state index is 8.22. The summed E-state index contributed by atoms with van der Waals surface area (Å²) in [4.78, 5) is 0. The Balaban J connectivity index is 3.27. The predicted octanol–water partition coefficient (Wildman–Crippen LogP) is 0.732. The predicted molar refractivity (Wildman–Crippen MR) is 40.8 cm³/mol. The van der Waals surface area contributed by atoms with Crippen LogP contribution in [0.25, 0.3) is 0 Å². The Labute approximate surface area is 62.4 Å². The van der Waals surface area contributed by atoms with E-state index in [-0.39, 0.29) is 0 Å². The largest absolute Gasteiger partial charge is 0.269 e. The summed E-state index contributed by atoms with van der Waals surface area (Å²) >= 11 is 0. The molecule has 10 heavy (non-hydrogen) atoms. The van der Waals surface area contributed by atoms with E-state index in [2.05, 4.69) is 19.9 Å². The Morgan fingerprint density at radius 2 is 2.20 bits per heavy atom. The van der Waals surface area contributed by atoms with Crippen LogP contribution < -0.4 is 5.84 Å². The number of nitrogens with two attached hydrogens (primary N) is 1. The molecule has 0 radical (unpaired) electrons. The number of hydrazine groups is 1. The molecule has 2 N–H and O–H groups in total. The van der Waals surface area contributed by atoms with Gasteiger partial charge in [-0.1, -0.05) is 13.8 Å². The van der Waals surface area contributed by atoms with Gasteiger partial charge in [0, 0.05) is 19.5 Å². The lowest BCUT2D eigenvalue weighted by Crippen LogP contribution is -2.35. The Morgan fingerprint density at radius 3 is 2.60 bits per heavy atom. The summed E-state index contributed by atoms with van der Waals surface area (Å²) in [6, 6.07) is 2.05. The SMILES string of the molecule is CC(C)CN(N)CCC#N. The van der Waals surface area contributed by atoms with Crippen molar-refractivity contribution in [2.45, 2.75) is 20.3 Å². The van der Waals surface area contributed by atoms with Crippen molar-refractivity contribution in [1.82, 2.24) is 5.01 Å². The van der Waals surface area contributed by atoms with Gasteiger partial charge >= 0.3 is 0 Å². The molecular weight excluding hydrogens is 126 g/mol. The van der Waals surface area contributed by atoms with Gasteiger partial charge in [-0.05, 0) is 5.92 Å². The number of hydrogen-bond acceptors (Lipinski definition) is 3. The first-order chi connectivity index (χ1) is 4.66. The molecule has 0 aromatic carbocycles. The highest BCUT2D eigenvalue weighted by Gasteiger charge is 1.99. The summed E-state index contributed by atoms with van der Waals surface area (Å²) < 4.78 is 0. The lowest BCUT2D eigenvalue weighted by molar-refractivity contribution is 0.257. The highest BCUT2D eigenvalue weighted by atomic mass is 15.4. The molecule has 3 heteroatoms. The molecule has 0 spiro atoms. The zero-order valence-electron chi connectivity index (χ0n) is 6.67. The molecule has 0 unspecified atom stereocenters. The fraction of sp³-hybridized carbons (Fsp3) is 0.857. The van der Waals surface area contributed by atoms with E-state index >= 15 is 0 Å². The Hall–Kier alpha value is -0.590. The van der Waals surface area contributed by atoms with Crippen molar-refractivity contribution in [3.63, 3.8) is 0 Å². The second kappa shape index (κ2) is 5.21. The maximum Gasteiger partial charge on any atom is 0.0635 e. The average Bonchev–Trinajstić information content (AvgIpc) is 1.82. The monoisotopic (exact) mass is 141 g/mol. The minimum Gasteiger partial charge on any atom is -0.269 e. The van der Waals surface area contributed by atoms with Crippen molar-refractivity contribution in [3.05, 3.63) is 0 Å². The standard InChI is InChI=1S/C7H15N3/c1-7(2)6-10(9)5-3-4-8/h7H,3,5-6,9H2,1-2H3. The van der Waals surface area contributed by atoms with Gasteiger partial charge in [0.1, 0.15) is 0 Å². The molecule has 0 heterocycles. The summed E-state index contributed by atoms with van der Waals surface area (Å²) in [7, 11) is 0. The van der Waals surface area contributed by atoms with Crippen molar-refractivity contribution >= 4 is 0 Å². The summed E-state index contributed by atoms with van der Waals surface area (Å²) in [5.74, 6) is 6.12. The lowest BCUT2D eigenvalue weighted by atomic mass is 10.2. The first kappa shape index (κ1) is 9.41. The normalized spacial score (nSPS) is 10.4. The fourth-order valence-electron chi connectivity index (χ4n) is 0.754. The number of hydrogen-bond donors (Lipinski definition) is 1. The first-order valence-electron chi connectivity index (χ1n) is 3.53. The Bertz CT molecular complexity index is 115. The van der Waals surface area contributed by atoms with Crippen LogP contribution in [0.4, 0.5) is 0 Å². The van der Waals surface area contributed by atoms with Crippen molar-refractivity contribution in [1.29, 1.82) is 5.26 Å². The van der Waals surface area contributed by atoms with E-state index < -0.39 is 0 Å². The Morgan fingerprint density at radius 1 is 1.60 bits per heavy atom. The highest BCUT2D eigenvalue weighted by Crippen LogP contribution is 1.93. The van der Waals surface area contributed by atoms with Gasteiger partial charge in [-0.15, -0.1) is 0 Å². The van der Waals surface area contributed by atoms with Crippen LogP contribution in [0.5, 0.6) is 0 Å². The molecule has 0 aliphatic carbocycles. The second-order valence-electron chi connectivity index (χ2n) is 2.80. The number of nitrogens with zero attached hydrogens (tertiary/aromatic N) is 2. The molecule has 0 bridgehead atoms. The van der Waals surface area contributed by atoms with Gasteiger partial charge in [0.05, 0.1) is 6.07 Å². The lowest BCUT2D eigenvalue weighted by Gasteiger charge is -2.16. The minimum atomic E-state index is 0.517. The topological polar surface area (TPSA) is 53.0 Å². The van der Waals surface area contributed by atoms with Gasteiger partial charge in [0.25, 0.3) is 0 Å². The molecular formula is C7H15N3. The van der Waals surface area contributed by atoms with Crippen LogP contribution in [0.3, 0.4) is 0 Å². The van der Waals surface area contributed by atoms with Crippen LogP contribution in [-0.2, 0) is 0 Å². The quantitative estimate of drug-likeness (QED) is 0.464. The first-order valence-corrected chi connectivity index (χ1v) is 3.53. The highest BCUT2D eigenvalue weighted by molar-refractivity contribution is 4.70. The number of rotatable bonds is 4. The molecule has 58 valence electrons. The maximum atomic E-state index is 8.22. The molecule has 3 nitrogen and oxygen atoms in total. The minimum absolute atomic E-state index is 0.517. The molecule has 0 saturated heterocycles. The molecule has 0 saturated carbocycles. The van der Waals surface area contributed by atoms with Crippen molar-refractivity contribution < 1.29 is 0 Å². The van der Waals surface area contributed by atoms with E-state index in [4.69, 9.17) is 11.1 Å². The van der Waals surface area contributed by atoms with E-state index in [9.17, 15) is 0 Å². The third-order valence-electron chi connectivity index (χ3n) is 1.11. The molecule has 0 aliphatic rings. The van der Waals surface area contributed by atoms with Gasteiger partial charge in [0.2, 0.25) is 0 Å². The third kappa shape index (κ3) is 5.54. The molecule has 0 fully saturated rings. The van der Waals surface area contributed by atoms with Crippen LogP contribution in [0, 0.1) is 17.2 Å². The zero-order valence-corrected chi connectivity index (χ0v) is 6.67. The van der Waals surface area contributed by atoms with Crippen LogP contribution in [0.1, 0.15) is 20.3 Å². The van der Waals surface area contributed by atoms with E-state index in [0.717, 1.165) is 6.54 Å². The smallest absolute Gasteiger partial charge is 0.0635 e. The van der Waals surface area contributed by atoms with E-state index in [1.54, 1.807) is 5.01 Å². The van der Waals surface area contributed by atoms with E-state index in [1.165, 1.54) is 0 Å². The van der Waals surface area contributed by atoms with Crippen molar-refractivity contribution in [2.75, 3.05) is 13.1 Å². The molecule has 0 aromatic rings. The molecule has 0 aromatic heterocycles.